The molecule has 0 aliphatic carbocycles. The summed E-state index contributed by atoms with van der Waals surface area (Å²) in [4.78, 5) is 17.1. The van der Waals surface area contributed by atoms with E-state index >= 15 is 0 Å². The van der Waals surface area contributed by atoms with Gasteiger partial charge in [-0.25, -0.2) is 0 Å². The van der Waals surface area contributed by atoms with Gasteiger partial charge in [0.05, 0.1) is 30.0 Å². The van der Waals surface area contributed by atoms with Crippen molar-refractivity contribution in [1.82, 2.24) is 19.6 Å². The van der Waals surface area contributed by atoms with Gasteiger partial charge in [-0.2, -0.15) is 5.10 Å². The van der Waals surface area contributed by atoms with Gasteiger partial charge in [0.2, 0.25) is 0 Å². The van der Waals surface area contributed by atoms with Gasteiger partial charge in [-0.05, 0) is 27.3 Å². The molecule has 3 heterocycles. The number of hydrogen-bond donors (Lipinski definition) is 0. The van der Waals surface area contributed by atoms with Crippen LogP contribution in [0.15, 0.2) is 0 Å². The van der Waals surface area contributed by atoms with E-state index in [1.807, 2.05) is 25.8 Å². The summed E-state index contributed by atoms with van der Waals surface area (Å²) in [6.07, 6.45) is 1.18. The SMILES string of the molecule is Cc1nn(C)c(C)c1C(=O)N1CC[C@@H]2OCCN(C)[C@@H]2C1. The zero-order valence-electron chi connectivity index (χ0n) is 13.3. The summed E-state index contributed by atoms with van der Waals surface area (Å²) in [6.45, 7) is 7.11. The fourth-order valence-electron chi connectivity index (χ4n) is 3.47. The molecule has 0 N–H and O–H groups in total. The van der Waals surface area contributed by atoms with Crippen molar-refractivity contribution in [2.24, 2.45) is 7.05 Å². The summed E-state index contributed by atoms with van der Waals surface area (Å²) in [5.41, 5.74) is 2.51. The molecule has 21 heavy (non-hydrogen) atoms. The van der Waals surface area contributed by atoms with Gasteiger partial charge in [0.1, 0.15) is 0 Å². The number of rotatable bonds is 1. The summed E-state index contributed by atoms with van der Waals surface area (Å²) in [7, 11) is 4.00. The maximum absolute atomic E-state index is 12.8. The van der Waals surface area contributed by atoms with Gasteiger partial charge in [-0.3, -0.25) is 14.4 Å². The lowest BCUT2D eigenvalue weighted by Gasteiger charge is -2.45. The second-order valence-corrected chi connectivity index (χ2v) is 6.17. The van der Waals surface area contributed by atoms with Crippen molar-refractivity contribution in [3.8, 4) is 0 Å². The first-order valence-corrected chi connectivity index (χ1v) is 7.60. The molecule has 0 saturated carbocycles. The van der Waals surface area contributed by atoms with Gasteiger partial charge in [0.15, 0.2) is 0 Å². The molecule has 2 saturated heterocycles. The molecule has 2 fully saturated rings. The third kappa shape index (κ3) is 2.46. The lowest BCUT2D eigenvalue weighted by molar-refractivity contribution is -0.0893. The van der Waals surface area contributed by atoms with Crippen molar-refractivity contribution in [3.05, 3.63) is 17.0 Å². The monoisotopic (exact) mass is 292 g/mol. The van der Waals surface area contributed by atoms with Crippen molar-refractivity contribution in [2.75, 3.05) is 33.3 Å². The molecular formula is C15H24N4O2. The Kier molecular flexibility index (Phi) is 3.75. The highest BCUT2D eigenvalue weighted by Gasteiger charge is 2.37. The zero-order chi connectivity index (χ0) is 15.1. The number of carbonyl (C=O) groups excluding carboxylic acids is 1. The van der Waals surface area contributed by atoms with Crippen LogP contribution in [-0.2, 0) is 11.8 Å². The third-order valence-electron chi connectivity index (χ3n) is 4.87. The van der Waals surface area contributed by atoms with Crippen LogP contribution in [0, 0.1) is 13.8 Å². The molecule has 116 valence electrons. The molecule has 1 amide bonds. The molecule has 0 radical (unpaired) electrons. The fourth-order valence-corrected chi connectivity index (χ4v) is 3.47. The maximum Gasteiger partial charge on any atom is 0.257 e. The van der Waals surface area contributed by atoms with Crippen LogP contribution >= 0.6 is 0 Å². The third-order valence-corrected chi connectivity index (χ3v) is 4.87. The van der Waals surface area contributed by atoms with Gasteiger partial charge in [0, 0.05) is 32.4 Å². The van der Waals surface area contributed by atoms with E-state index in [1.165, 1.54) is 0 Å². The molecule has 0 spiro atoms. The quantitative estimate of drug-likeness (QED) is 0.760. The van der Waals surface area contributed by atoms with E-state index in [-0.39, 0.29) is 12.0 Å². The molecule has 6 nitrogen and oxygen atoms in total. The molecule has 6 heteroatoms. The molecular weight excluding hydrogens is 268 g/mol. The topological polar surface area (TPSA) is 50.6 Å². The summed E-state index contributed by atoms with van der Waals surface area (Å²) in [5.74, 6) is 0.107. The molecule has 0 unspecified atom stereocenters. The molecule has 1 aromatic heterocycles. The second kappa shape index (κ2) is 5.42. The Balaban J connectivity index is 1.79. The largest absolute Gasteiger partial charge is 0.375 e. The van der Waals surface area contributed by atoms with Crippen molar-refractivity contribution in [1.29, 1.82) is 0 Å². The van der Waals surface area contributed by atoms with Crippen LogP contribution in [-0.4, -0.2) is 70.9 Å². The van der Waals surface area contributed by atoms with Gasteiger partial charge < -0.3 is 9.64 Å². The predicted molar refractivity (Wildman–Crippen MR) is 79.4 cm³/mol. The highest BCUT2D eigenvalue weighted by molar-refractivity contribution is 5.96. The number of piperidine rings is 1. The Hall–Kier alpha value is -1.40. The number of aromatic nitrogens is 2. The molecule has 2 aliphatic rings. The van der Waals surface area contributed by atoms with E-state index in [0.717, 1.165) is 49.6 Å². The van der Waals surface area contributed by atoms with Crippen LogP contribution in [0.3, 0.4) is 0 Å². The Morgan fingerprint density at radius 1 is 1.29 bits per heavy atom. The van der Waals surface area contributed by atoms with E-state index < -0.39 is 0 Å². The first kappa shape index (κ1) is 14.5. The predicted octanol–water partition coefficient (Wildman–Crippen LogP) is 0.582. The van der Waals surface area contributed by atoms with Crippen LogP contribution < -0.4 is 0 Å². The summed E-state index contributed by atoms with van der Waals surface area (Å²) < 4.78 is 7.62. The number of likely N-dealkylation sites (N-methyl/N-ethyl adjacent to an activating group) is 1. The highest BCUT2D eigenvalue weighted by atomic mass is 16.5. The van der Waals surface area contributed by atoms with Crippen LogP contribution in [0.5, 0.6) is 0 Å². The van der Waals surface area contributed by atoms with Crippen LogP contribution in [0.25, 0.3) is 0 Å². The zero-order valence-corrected chi connectivity index (χ0v) is 13.3. The lowest BCUT2D eigenvalue weighted by Crippen LogP contribution is -2.59. The summed E-state index contributed by atoms with van der Waals surface area (Å²) >= 11 is 0. The second-order valence-electron chi connectivity index (χ2n) is 6.17. The number of ether oxygens (including phenoxy) is 1. The number of carbonyl (C=O) groups is 1. The average molecular weight is 292 g/mol. The van der Waals surface area contributed by atoms with Crippen LogP contribution in [0.2, 0.25) is 0 Å². The van der Waals surface area contributed by atoms with Crippen molar-refractivity contribution in [2.45, 2.75) is 32.4 Å². The number of hydrogen-bond acceptors (Lipinski definition) is 4. The average Bonchev–Trinajstić information content (AvgIpc) is 2.71. The minimum Gasteiger partial charge on any atom is -0.375 e. The maximum atomic E-state index is 12.8. The fraction of sp³-hybridized carbons (Fsp3) is 0.733. The Bertz CT molecular complexity index is 554. The summed E-state index contributed by atoms with van der Waals surface area (Å²) in [5, 5.41) is 4.36. The smallest absolute Gasteiger partial charge is 0.257 e. The molecule has 0 aromatic carbocycles. The van der Waals surface area contributed by atoms with E-state index in [9.17, 15) is 4.79 Å². The summed E-state index contributed by atoms with van der Waals surface area (Å²) in [6, 6.07) is 0.314. The molecule has 1 aromatic rings. The van der Waals surface area contributed by atoms with E-state index in [1.54, 1.807) is 4.68 Å². The van der Waals surface area contributed by atoms with Gasteiger partial charge in [-0.1, -0.05) is 0 Å². The Morgan fingerprint density at radius 2 is 2.05 bits per heavy atom. The van der Waals surface area contributed by atoms with Crippen LogP contribution in [0.4, 0.5) is 0 Å². The van der Waals surface area contributed by atoms with Crippen molar-refractivity contribution < 1.29 is 9.53 Å². The number of likely N-dealkylation sites (tertiary alicyclic amines) is 1. The van der Waals surface area contributed by atoms with Gasteiger partial charge in [-0.15, -0.1) is 0 Å². The molecule has 2 atom stereocenters. The normalized spacial score (nSPS) is 26.8. The van der Waals surface area contributed by atoms with E-state index in [0.29, 0.717) is 6.04 Å². The molecule has 2 aliphatic heterocycles. The molecule has 3 rings (SSSR count). The number of morpholine rings is 1. The van der Waals surface area contributed by atoms with Crippen LogP contribution in [0.1, 0.15) is 28.2 Å². The first-order valence-electron chi connectivity index (χ1n) is 7.60. The molecule has 0 bridgehead atoms. The van der Waals surface area contributed by atoms with Crippen molar-refractivity contribution in [3.63, 3.8) is 0 Å². The van der Waals surface area contributed by atoms with Gasteiger partial charge >= 0.3 is 0 Å². The number of aryl methyl sites for hydroxylation is 2. The first-order chi connectivity index (χ1) is 9.99. The van der Waals surface area contributed by atoms with Crippen molar-refractivity contribution >= 4 is 5.91 Å². The minimum atomic E-state index is 0.107. The van der Waals surface area contributed by atoms with Gasteiger partial charge in [0.25, 0.3) is 5.91 Å². The lowest BCUT2D eigenvalue weighted by atomic mass is 9.98. The van der Waals surface area contributed by atoms with E-state index in [2.05, 4.69) is 17.0 Å². The number of nitrogens with zero attached hydrogens (tertiary/aromatic N) is 4. The Morgan fingerprint density at radius 3 is 2.71 bits per heavy atom. The minimum absolute atomic E-state index is 0.107. The van der Waals surface area contributed by atoms with E-state index in [4.69, 9.17) is 4.74 Å². The standard InChI is InChI=1S/C15H24N4O2/c1-10-14(11(2)18(4)16-10)15(20)19-6-5-13-12(9-19)17(3)7-8-21-13/h12-13H,5-9H2,1-4H3/t12-,13+/m1/s1. The highest BCUT2D eigenvalue weighted by Crippen LogP contribution is 2.24. The number of amides is 1. The Labute approximate surface area is 125 Å². The number of fused-ring (bicyclic) bond motifs is 1.